The second-order valence-corrected chi connectivity index (χ2v) is 5.77. The van der Waals surface area contributed by atoms with Gasteiger partial charge < -0.3 is 14.3 Å². The Labute approximate surface area is 106 Å². The van der Waals surface area contributed by atoms with Gasteiger partial charge in [0.25, 0.3) is 0 Å². The number of hydrogen-bond donors (Lipinski definition) is 1. The Balaban J connectivity index is 1.99. The minimum absolute atomic E-state index is 0.254. The number of benzene rings is 1. The highest BCUT2D eigenvalue weighted by Crippen LogP contribution is 2.15. The van der Waals surface area contributed by atoms with E-state index in [0.29, 0.717) is 12.4 Å². The van der Waals surface area contributed by atoms with Crippen molar-refractivity contribution in [2.24, 2.45) is 0 Å². The summed E-state index contributed by atoms with van der Waals surface area (Å²) < 4.78 is 11.0. The molecule has 0 atom stereocenters. The van der Waals surface area contributed by atoms with Gasteiger partial charge in [0.2, 0.25) is 0 Å². The number of phenols is 1. The van der Waals surface area contributed by atoms with Gasteiger partial charge in [-0.1, -0.05) is 25.1 Å². The van der Waals surface area contributed by atoms with Gasteiger partial charge in [0.15, 0.2) is 9.76 Å². The molecule has 96 valence electrons. The molecule has 0 bridgehead atoms. The van der Waals surface area contributed by atoms with Gasteiger partial charge >= 0.3 is 0 Å². The van der Waals surface area contributed by atoms with Crippen molar-refractivity contribution >= 4 is 9.76 Å². The Hall–Kier alpha value is -0.843. The van der Waals surface area contributed by atoms with E-state index in [9.17, 15) is 5.11 Å². The van der Waals surface area contributed by atoms with Gasteiger partial charge in [0, 0.05) is 13.2 Å². The smallest absolute Gasteiger partial charge is 0.161 e. The van der Waals surface area contributed by atoms with Crippen LogP contribution in [0.3, 0.4) is 0 Å². The average molecular weight is 254 g/mol. The van der Waals surface area contributed by atoms with Crippen molar-refractivity contribution in [2.45, 2.75) is 25.8 Å². The summed E-state index contributed by atoms with van der Waals surface area (Å²) >= 11 is 0. The Bertz CT molecular complexity index is 304. The highest BCUT2D eigenvalue weighted by atomic mass is 28.2. The van der Waals surface area contributed by atoms with Crippen molar-refractivity contribution in [3.63, 3.8) is 0 Å². The molecule has 3 nitrogen and oxygen atoms in total. The van der Waals surface area contributed by atoms with Crippen LogP contribution in [0.5, 0.6) is 5.75 Å². The number of hydrogen-bond acceptors (Lipinski definition) is 3. The fourth-order valence-electron chi connectivity index (χ4n) is 1.52. The van der Waals surface area contributed by atoms with Gasteiger partial charge in [-0.15, -0.1) is 0 Å². The molecule has 4 heteroatoms. The van der Waals surface area contributed by atoms with Crippen molar-refractivity contribution in [1.29, 1.82) is 0 Å². The first-order chi connectivity index (χ1) is 8.34. The molecule has 0 fully saturated rings. The monoisotopic (exact) mass is 254 g/mol. The van der Waals surface area contributed by atoms with Crippen LogP contribution >= 0.6 is 0 Å². The summed E-state index contributed by atoms with van der Waals surface area (Å²) in [6.45, 7) is 4.39. The summed E-state index contributed by atoms with van der Waals surface area (Å²) in [6.07, 6.45) is 1.73. The Morgan fingerprint density at radius 3 is 2.76 bits per heavy atom. The summed E-state index contributed by atoms with van der Waals surface area (Å²) in [5.41, 5.74) is 0.946. The van der Waals surface area contributed by atoms with Gasteiger partial charge in [0.05, 0.1) is 6.61 Å². The Morgan fingerprint density at radius 2 is 2.00 bits per heavy atom. The lowest BCUT2D eigenvalue weighted by molar-refractivity contribution is 0.122. The molecule has 1 rings (SSSR count). The number of rotatable bonds is 9. The molecule has 1 N–H and O–H groups in total. The van der Waals surface area contributed by atoms with Crippen LogP contribution in [0.15, 0.2) is 24.3 Å². The topological polar surface area (TPSA) is 38.7 Å². The molecule has 0 aliphatic rings. The summed E-state index contributed by atoms with van der Waals surface area (Å²) in [4.78, 5) is 0. The molecule has 0 aliphatic heterocycles. The molecule has 1 aromatic carbocycles. The van der Waals surface area contributed by atoms with Crippen LogP contribution in [0.2, 0.25) is 6.04 Å². The molecule has 0 amide bonds. The van der Waals surface area contributed by atoms with Gasteiger partial charge in [-0.25, -0.2) is 0 Å². The van der Waals surface area contributed by atoms with Gasteiger partial charge in [-0.2, -0.15) is 0 Å². The van der Waals surface area contributed by atoms with Crippen molar-refractivity contribution < 1.29 is 14.3 Å². The molecule has 0 radical (unpaired) electrons. The van der Waals surface area contributed by atoms with Gasteiger partial charge in [0.1, 0.15) is 5.75 Å². The van der Waals surface area contributed by atoms with E-state index >= 15 is 0 Å². The first-order valence-electron chi connectivity index (χ1n) is 6.27. The van der Waals surface area contributed by atoms with Crippen LogP contribution in [-0.4, -0.2) is 34.7 Å². The summed E-state index contributed by atoms with van der Waals surface area (Å²) in [6, 6.07) is 8.59. The maximum atomic E-state index is 9.54. The highest BCUT2D eigenvalue weighted by molar-refractivity contribution is 6.26. The molecule has 0 aromatic heterocycles. The van der Waals surface area contributed by atoms with E-state index in [0.717, 1.165) is 31.6 Å². The van der Waals surface area contributed by atoms with E-state index in [1.807, 2.05) is 18.2 Å². The largest absolute Gasteiger partial charge is 0.508 e. The van der Waals surface area contributed by atoms with Gasteiger partial charge in [-0.3, -0.25) is 0 Å². The van der Waals surface area contributed by atoms with Crippen molar-refractivity contribution in [3.8, 4) is 5.75 Å². The molecule has 0 unspecified atom stereocenters. The minimum Gasteiger partial charge on any atom is -0.508 e. The molecular formula is C13H22O3Si. The van der Waals surface area contributed by atoms with Crippen molar-refractivity contribution in [3.05, 3.63) is 29.8 Å². The molecule has 17 heavy (non-hydrogen) atoms. The molecule has 0 heterocycles. The number of phenolic OH excluding ortho intramolecular Hbond substituents is 1. The normalized spacial score (nSPS) is 11.4. The SMILES string of the molecule is CC[SiH2]OCCCOCCc1ccccc1O. The van der Waals surface area contributed by atoms with Crippen molar-refractivity contribution in [2.75, 3.05) is 19.8 Å². The van der Waals surface area contributed by atoms with Crippen LogP contribution in [0.25, 0.3) is 0 Å². The fourth-order valence-corrected chi connectivity index (χ4v) is 2.21. The zero-order chi connectivity index (χ0) is 12.3. The maximum absolute atomic E-state index is 9.54. The Morgan fingerprint density at radius 1 is 1.18 bits per heavy atom. The maximum Gasteiger partial charge on any atom is 0.161 e. The van der Waals surface area contributed by atoms with Gasteiger partial charge in [-0.05, 0) is 30.5 Å². The summed E-state index contributed by atoms with van der Waals surface area (Å²) in [5, 5.41) is 9.54. The van der Waals surface area contributed by atoms with Crippen LogP contribution in [0.1, 0.15) is 18.9 Å². The third kappa shape index (κ3) is 6.46. The number of aromatic hydroxyl groups is 1. The predicted molar refractivity (Wildman–Crippen MR) is 72.2 cm³/mol. The average Bonchev–Trinajstić information content (AvgIpc) is 2.35. The summed E-state index contributed by atoms with van der Waals surface area (Å²) in [5.74, 6) is 0.355. The first kappa shape index (κ1) is 14.2. The van der Waals surface area contributed by atoms with E-state index in [-0.39, 0.29) is 9.76 Å². The highest BCUT2D eigenvalue weighted by Gasteiger charge is 1.98. The second kappa shape index (κ2) is 9.21. The van der Waals surface area contributed by atoms with E-state index < -0.39 is 0 Å². The minimum atomic E-state index is -0.254. The molecule has 0 aliphatic carbocycles. The predicted octanol–water partition coefficient (Wildman–Crippen LogP) is 1.88. The number of ether oxygens (including phenoxy) is 1. The van der Waals surface area contributed by atoms with E-state index in [1.165, 1.54) is 6.04 Å². The molecule has 0 spiro atoms. The van der Waals surface area contributed by atoms with E-state index in [1.54, 1.807) is 6.07 Å². The standard InChI is InChI=1S/C13H22O3Si/c1-2-17-16-10-5-9-15-11-8-12-6-3-4-7-13(12)14/h3-4,6-7,14H,2,5,8-11,17H2,1H3. The van der Waals surface area contributed by atoms with Crippen LogP contribution in [0, 0.1) is 0 Å². The molecule has 1 aromatic rings. The van der Waals surface area contributed by atoms with Crippen LogP contribution in [-0.2, 0) is 15.6 Å². The fraction of sp³-hybridized carbons (Fsp3) is 0.538. The lowest BCUT2D eigenvalue weighted by atomic mass is 10.1. The van der Waals surface area contributed by atoms with E-state index in [4.69, 9.17) is 9.16 Å². The zero-order valence-electron chi connectivity index (χ0n) is 10.5. The van der Waals surface area contributed by atoms with Crippen LogP contribution in [0.4, 0.5) is 0 Å². The van der Waals surface area contributed by atoms with Crippen LogP contribution < -0.4 is 0 Å². The van der Waals surface area contributed by atoms with E-state index in [2.05, 4.69) is 6.92 Å². The third-order valence-electron chi connectivity index (χ3n) is 2.43. The molecule has 0 saturated heterocycles. The van der Waals surface area contributed by atoms with Crippen molar-refractivity contribution in [1.82, 2.24) is 0 Å². The Kier molecular flexibility index (Phi) is 7.71. The molecular weight excluding hydrogens is 232 g/mol. The lowest BCUT2D eigenvalue weighted by Gasteiger charge is -2.06. The third-order valence-corrected chi connectivity index (χ3v) is 3.42. The lowest BCUT2D eigenvalue weighted by Crippen LogP contribution is -2.05. The number of para-hydroxylation sites is 1. The first-order valence-corrected chi connectivity index (χ1v) is 7.84. The quantitative estimate of drug-likeness (QED) is 0.540. The second-order valence-electron chi connectivity index (χ2n) is 3.96. The zero-order valence-corrected chi connectivity index (χ0v) is 11.9. The summed E-state index contributed by atoms with van der Waals surface area (Å²) in [7, 11) is -0.254. The molecule has 0 saturated carbocycles.